The molecule has 0 unspecified atom stereocenters. The first kappa shape index (κ1) is 17.2. The van der Waals surface area contributed by atoms with E-state index in [0.29, 0.717) is 27.7 Å². The zero-order valence-electron chi connectivity index (χ0n) is 14.9. The van der Waals surface area contributed by atoms with Crippen molar-refractivity contribution >= 4 is 22.1 Å². The molecule has 0 aliphatic carbocycles. The number of aromatic nitrogens is 2. The highest BCUT2D eigenvalue weighted by Crippen LogP contribution is 2.35. The van der Waals surface area contributed by atoms with Crippen LogP contribution >= 0.6 is 0 Å². The Labute approximate surface area is 155 Å². The van der Waals surface area contributed by atoms with Gasteiger partial charge in [-0.25, -0.2) is 5.10 Å². The van der Waals surface area contributed by atoms with Crippen LogP contribution in [0, 0.1) is 10.1 Å². The average molecular weight is 364 g/mol. The van der Waals surface area contributed by atoms with Crippen molar-refractivity contribution < 1.29 is 4.92 Å². The molecule has 1 aromatic heterocycles. The lowest BCUT2D eigenvalue weighted by atomic mass is 10.0. The predicted molar refractivity (Wildman–Crippen MR) is 105 cm³/mol. The molecule has 7 heteroatoms. The number of hydrogen-bond acceptors (Lipinski definition) is 5. The van der Waals surface area contributed by atoms with Crippen molar-refractivity contribution in [2.75, 3.05) is 18.0 Å². The molecular weight excluding hydrogens is 344 g/mol. The normalized spacial score (nSPS) is 14.9. The number of anilines is 1. The van der Waals surface area contributed by atoms with Gasteiger partial charge < -0.3 is 4.90 Å². The highest BCUT2D eigenvalue weighted by atomic mass is 16.6. The van der Waals surface area contributed by atoms with Crippen LogP contribution in [0.15, 0.2) is 47.3 Å². The molecule has 1 N–H and O–H groups in total. The first-order valence-electron chi connectivity index (χ1n) is 9.16. The summed E-state index contributed by atoms with van der Waals surface area (Å²) in [7, 11) is 0. The van der Waals surface area contributed by atoms with Gasteiger partial charge in [-0.3, -0.25) is 14.9 Å². The van der Waals surface area contributed by atoms with Crippen LogP contribution < -0.4 is 10.5 Å². The molecule has 0 atom stereocenters. The molecule has 0 bridgehead atoms. The van der Waals surface area contributed by atoms with E-state index in [2.05, 4.69) is 15.1 Å². The zero-order chi connectivity index (χ0) is 18.8. The fourth-order valence-corrected chi connectivity index (χ4v) is 3.73. The molecule has 4 rings (SSSR count). The van der Waals surface area contributed by atoms with Crippen LogP contribution in [0.5, 0.6) is 0 Å². The minimum absolute atomic E-state index is 0.0754. The van der Waals surface area contributed by atoms with Crippen LogP contribution in [0.2, 0.25) is 0 Å². The van der Waals surface area contributed by atoms with Crippen molar-refractivity contribution in [2.45, 2.75) is 25.7 Å². The summed E-state index contributed by atoms with van der Waals surface area (Å²) in [6.07, 6.45) is 4.42. The van der Waals surface area contributed by atoms with Gasteiger partial charge in [-0.05, 0) is 25.0 Å². The second-order valence-corrected chi connectivity index (χ2v) is 6.81. The molecule has 27 heavy (non-hydrogen) atoms. The van der Waals surface area contributed by atoms with Gasteiger partial charge in [0.25, 0.3) is 11.2 Å². The van der Waals surface area contributed by atoms with E-state index in [0.717, 1.165) is 38.8 Å². The summed E-state index contributed by atoms with van der Waals surface area (Å²) in [5.74, 6) is 0. The first-order valence-corrected chi connectivity index (χ1v) is 9.16. The average Bonchev–Trinajstić information content (AvgIpc) is 2.97. The van der Waals surface area contributed by atoms with Gasteiger partial charge in [-0.15, -0.1) is 0 Å². The summed E-state index contributed by atoms with van der Waals surface area (Å²) < 4.78 is 0. The van der Waals surface area contributed by atoms with Crippen molar-refractivity contribution in [3.8, 4) is 11.3 Å². The molecular formula is C20H20N4O3. The van der Waals surface area contributed by atoms with Crippen molar-refractivity contribution in [2.24, 2.45) is 0 Å². The molecule has 1 aliphatic rings. The highest BCUT2D eigenvalue weighted by molar-refractivity contribution is 5.94. The third-order valence-electron chi connectivity index (χ3n) is 5.09. The van der Waals surface area contributed by atoms with Crippen molar-refractivity contribution in [3.63, 3.8) is 0 Å². The molecule has 1 aliphatic heterocycles. The zero-order valence-corrected chi connectivity index (χ0v) is 14.9. The van der Waals surface area contributed by atoms with E-state index in [1.54, 1.807) is 30.3 Å². The lowest BCUT2D eigenvalue weighted by Crippen LogP contribution is -2.24. The number of fused-ring (bicyclic) bond motifs is 1. The van der Waals surface area contributed by atoms with Crippen LogP contribution in [-0.2, 0) is 0 Å². The molecule has 2 heterocycles. The maximum atomic E-state index is 12.0. The molecule has 138 valence electrons. The molecule has 0 amide bonds. The van der Waals surface area contributed by atoms with E-state index < -0.39 is 0 Å². The molecule has 2 aromatic carbocycles. The number of aromatic amines is 1. The Morgan fingerprint density at radius 2 is 1.70 bits per heavy atom. The topological polar surface area (TPSA) is 92.1 Å². The third-order valence-corrected chi connectivity index (χ3v) is 5.09. The van der Waals surface area contributed by atoms with Crippen LogP contribution in [-0.4, -0.2) is 28.2 Å². The minimum Gasteiger partial charge on any atom is -0.366 e. The van der Waals surface area contributed by atoms with Crippen molar-refractivity contribution in [1.82, 2.24) is 10.2 Å². The van der Waals surface area contributed by atoms with Crippen molar-refractivity contribution in [3.05, 3.63) is 62.9 Å². The highest BCUT2D eigenvalue weighted by Gasteiger charge is 2.22. The lowest BCUT2D eigenvalue weighted by molar-refractivity contribution is -0.384. The fraction of sp³-hybridized carbons (Fsp3) is 0.300. The standard InChI is InChI=1S/C20H20N4O3/c25-20-16-8-4-3-7-15(16)19(21-22-20)14-9-10-17(18(13-14)24(26)27)23-11-5-1-2-6-12-23/h3-4,7-10,13H,1-2,5-6,11-12H2,(H,22,25). The number of rotatable bonds is 3. The Balaban J connectivity index is 1.84. The second kappa shape index (κ2) is 7.19. The molecule has 1 fully saturated rings. The van der Waals surface area contributed by atoms with E-state index in [4.69, 9.17) is 0 Å². The van der Waals surface area contributed by atoms with E-state index in [-0.39, 0.29) is 16.2 Å². The van der Waals surface area contributed by atoms with Crippen LogP contribution in [0.25, 0.3) is 22.0 Å². The maximum absolute atomic E-state index is 12.0. The molecule has 1 saturated heterocycles. The number of nitro benzene ring substituents is 1. The Morgan fingerprint density at radius 3 is 2.41 bits per heavy atom. The number of nitrogens with one attached hydrogen (secondary N) is 1. The number of nitrogens with zero attached hydrogens (tertiary/aromatic N) is 3. The molecule has 3 aromatic rings. The lowest BCUT2D eigenvalue weighted by Gasteiger charge is -2.22. The maximum Gasteiger partial charge on any atom is 0.293 e. The van der Waals surface area contributed by atoms with E-state index in [1.807, 2.05) is 12.1 Å². The predicted octanol–water partition coefficient (Wildman–Crippen LogP) is 3.88. The summed E-state index contributed by atoms with van der Waals surface area (Å²) in [5.41, 5.74) is 1.61. The summed E-state index contributed by atoms with van der Waals surface area (Å²) in [6, 6.07) is 12.4. The Hall–Kier alpha value is -3.22. The fourth-order valence-electron chi connectivity index (χ4n) is 3.73. The van der Waals surface area contributed by atoms with Gasteiger partial charge in [-0.1, -0.05) is 37.1 Å². The number of H-pyrrole nitrogens is 1. The van der Waals surface area contributed by atoms with E-state index in [9.17, 15) is 14.9 Å². The molecule has 0 saturated carbocycles. The first-order chi connectivity index (χ1) is 13.1. The van der Waals surface area contributed by atoms with Crippen molar-refractivity contribution in [1.29, 1.82) is 0 Å². The largest absolute Gasteiger partial charge is 0.366 e. The van der Waals surface area contributed by atoms with Gasteiger partial charge in [0.1, 0.15) is 5.69 Å². The smallest absolute Gasteiger partial charge is 0.293 e. The Kier molecular flexibility index (Phi) is 4.58. The molecule has 0 spiro atoms. The second-order valence-electron chi connectivity index (χ2n) is 6.81. The van der Waals surface area contributed by atoms with Gasteiger partial charge in [0, 0.05) is 30.1 Å². The number of nitro groups is 1. The Morgan fingerprint density at radius 1 is 1.00 bits per heavy atom. The van der Waals surface area contributed by atoms with Gasteiger partial charge in [0.05, 0.1) is 16.0 Å². The Bertz CT molecular complexity index is 1050. The van der Waals surface area contributed by atoms with Crippen LogP contribution in [0.4, 0.5) is 11.4 Å². The third kappa shape index (κ3) is 3.28. The SMILES string of the molecule is O=c1[nH]nc(-c2ccc(N3CCCCCC3)c([N+](=O)[O-])c2)c2ccccc12. The van der Waals surface area contributed by atoms with E-state index >= 15 is 0 Å². The number of benzene rings is 2. The van der Waals surface area contributed by atoms with Crippen LogP contribution in [0.1, 0.15) is 25.7 Å². The number of hydrogen-bond donors (Lipinski definition) is 1. The van der Waals surface area contributed by atoms with Crippen LogP contribution in [0.3, 0.4) is 0 Å². The summed E-state index contributed by atoms with van der Waals surface area (Å²) in [4.78, 5) is 25.5. The van der Waals surface area contributed by atoms with Gasteiger partial charge in [-0.2, -0.15) is 5.10 Å². The summed E-state index contributed by atoms with van der Waals surface area (Å²) in [5, 5.41) is 19.6. The monoisotopic (exact) mass is 364 g/mol. The van der Waals surface area contributed by atoms with Gasteiger partial charge in [0.2, 0.25) is 0 Å². The van der Waals surface area contributed by atoms with E-state index in [1.165, 1.54) is 0 Å². The molecule has 0 radical (unpaired) electrons. The van der Waals surface area contributed by atoms with Gasteiger partial charge in [0.15, 0.2) is 0 Å². The summed E-state index contributed by atoms with van der Waals surface area (Å²) >= 11 is 0. The van der Waals surface area contributed by atoms with Gasteiger partial charge >= 0.3 is 0 Å². The quantitative estimate of drug-likeness (QED) is 0.562. The summed E-state index contributed by atoms with van der Waals surface area (Å²) in [6.45, 7) is 1.67. The molecule has 7 nitrogen and oxygen atoms in total. The minimum atomic E-state index is -0.336.